The average Bonchev–Trinajstić information content (AvgIpc) is 2.97. The molecule has 1 saturated heterocycles. The summed E-state index contributed by atoms with van der Waals surface area (Å²) >= 11 is 0. The molecule has 144 valence electrons. The van der Waals surface area contributed by atoms with Crippen LogP contribution in [0.3, 0.4) is 0 Å². The summed E-state index contributed by atoms with van der Waals surface area (Å²) in [5.74, 6) is -5.67. The van der Waals surface area contributed by atoms with Gasteiger partial charge >= 0.3 is 12.1 Å². The Kier molecular flexibility index (Phi) is 6.28. The molecule has 1 aliphatic rings. The van der Waals surface area contributed by atoms with Gasteiger partial charge in [0.05, 0.1) is 11.8 Å². The highest BCUT2D eigenvalue weighted by molar-refractivity contribution is 5.85. The number of rotatable bonds is 6. The van der Waals surface area contributed by atoms with Gasteiger partial charge in [0.1, 0.15) is 6.04 Å². The number of amides is 1. The quantitative estimate of drug-likeness (QED) is 0.805. The van der Waals surface area contributed by atoms with Gasteiger partial charge in [-0.05, 0) is 11.5 Å². The predicted molar refractivity (Wildman–Crippen MR) is 89.2 cm³/mol. The first kappa shape index (κ1) is 20.2. The molecule has 1 aromatic rings. The number of hydrogen-bond acceptors (Lipinski definition) is 3. The number of alkyl halides is 3. The van der Waals surface area contributed by atoms with E-state index in [-0.39, 0.29) is 13.1 Å². The van der Waals surface area contributed by atoms with Gasteiger partial charge < -0.3 is 10.4 Å². The molecule has 0 unspecified atom stereocenters. The van der Waals surface area contributed by atoms with Crippen LogP contribution in [0.15, 0.2) is 30.3 Å². The summed E-state index contributed by atoms with van der Waals surface area (Å²) in [7, 11) is 0. The van der Waals surface area contributed by atoms with E-state index in [0.717, 1.165) is 5.56 Å². The van der Waals surface area contributed by atoms with Gasteiger partial charge in [0.15, 0.2) is 0 Å². The third-order valence-corrected chi connectivity index (χ3v) is 4.63. The Morgan fingerprint density at radius 3 is 2.35 bits per heavy atom. The molecule has 8 heteroatoms. The summed E-state index contributed by atoms with van der Waals surface area (Å²) in [5.41, 5.74) is 0.861. The highest BCUT2D eigenvalue weighted by Gasteiger charge is 2.52. The Hall–Kier alpha value is -2.09. The van der Waals surface area contributed by atoms with Crippen molar-refractivity contribution in [3.8, 4) is 0 Å². The van der Waals surface area contributed by atoms with Crippen LogP contribution < -0.4 is 5.32 Å². The van der Waals surface area contributed by atoms with Crippen LogP contribution in [0.1, 0.15) is 19.4 Å². The molecule has 0 aromatic heterocycles. The van der Waals surface area contributed by atoms with Gasteiger partial charge in [-0.15, -0.1) is 0 Å². The number of carbonyl (C=O) groups is 2. The zero-order chi connectivity index (χ0) is 19.5. The lowest BCUT2D eigenvalue weighted by Crippen LogP contribution is -2.49. The van der Waals surface area contributed by atoms with Crippen LogP contribution in [0.25, 0.3) is 0 Å². The summed E-state index contributed by atoms with van der Waals surface area (Å²) in [6, 6.07) is 7.85. The Morgan fingerprint density at radius 2 is 1.85 bits per heavy atom. The van der Waals surface area contributed by atoms with Gasteiger partial charge in [0.25, 0.3) is 0 Å². The largest absolute Gasteiger partial charge is 0.480 e. The van der Waals surface area contributed by atoms with Crippen molar-refractivity contribution < 1.29 is 27.9 Å². The van der Waals surface area contributed by atoms with Gasteiger partial charge in [0.2, 0.25) is 5.91 Å². The minimum Gasteiger partial charge on any atom is -0.480 e. The normalized spacial score (nSPS) is 22.4. The number of hydrogen-bond donors (Lipinski definition) is 2. The molecule has 2 rings (SSSR count). The molecule has 0 aliphatic carbocycles. The second-order valence-electron chi connectivity index (χ2n) is 7.00. The molecular weight excluding hydrogens is 349 g/mol. The summed E-state index contributed by atoms with van der Waals surface area (Å²) in [6.07, 6.45) is -4.52. The Labute approximate surface area is 150 Å². The van der Waals surface area contributed by atoms with Crippen molar-refractivity contribution in [2.75, 3.05) is 13.1 Å². The number of carboxylic acid groups (broad SMARTS) is 1. The summed E-state index contributed by atoms with van der Waals surface area (Å²) in [6.45, 7) is 3.16. The van der Waals surface area contributed by atoms with Crippen molar-refractivity contribution in [2.24, 2.45) is 17.8 Å². The molecule has 1 aliphatic heterocycles. The molecule has 0 saturated carbocycles. The number of aliphatic carboxylic acids is 1. The Morgan fingerprint density at radius 1 is 1.23 bits per heavy atom. The Balaban J connectivity index is 2.13. The van der Waals surface area contributed by atoms with Crippen molar-refractivity contribution in [3.63, 3.8) is 0 Å². The van der Waals surface area contributed by atoms with Crippen LogP contribution in [0, 0.1) is 17.8 Å². The standard InChI is InChI=1S/C18H23F3N2O3/c1-11(2)15(17(25)26)22-16(24)13-9-23(10-14(13)18(19,20)21)8-12-6-4-3-5-7-12/h3-7,11,13-15H,8-10H2,1-2H3,(H,22,24)(H,25,26)/t13-,14-,15-/m1/s1. The van der Waals surface area contributed by atoms with Crippen LogP contribution in [0.5, 0.6) is 0 Å². The third kappa shape index (κ3) is 4.97. The van der Waals surface area contributed by atoms with E-state index in [9.17, 15) is 22.8 Å². The minimum absolute atomic E-state index is 0.0602. The van der Waals surface area contributed by atoms with Crippen LogP contribution in [-0.4, -0.2) is 47.2 Å². The Bertz CT molecular complexity index is 634. The summed E-state index contributed by atoms with van der Waals surface area (Å²) in [5, 5.41) is 11.4. The van der Waals surface area contributed by atoms with E-state index in [0.29, 0.717) is 6.54 Å². The zero-order valence-corrected chi connectivity index (χ0v) is 14.7. The van der Waals surface area contributed by atoms with Gasteiger partial charge in [-0.25, -0.2) is 4.79 Å². The second kappa shape index (κ2) is 8.07. The molecular formula is C18H23F3N2O3. The highest BCUT2D eigenvalue weighted by atomic mass is 19.4. The lowest BCUT2D eigenvalue weighted by molar-refractivity contribution is -0.183. The smallest absolute Gasteiger partial charge is 0.393 e. The molecule has 0 spiro atoms. The highest BCUT2D eigenvalue weighted by Crippen LogP contribution is 2.38. The minimum atomic E-state index is -4.52. The average molecular weight is 372 g/mol. The number of halogens is 3. The third-order valence-electron chi connectivity index (χ3n) is 4.63. The van der Waals surface area contributed by atoms with E-state index in [1.54, 1.807) is 30.9 Å². The van der Waals surface area contributed by atoms with Crippen LogP contribution >= 0.6 is 0 Å². The van der Waals surface area contributed by atoms with E-state index in [4.69, 9.17) is 5.11 Å². The van der Waals surface area contributed by atoms with Gasteiger partial charge in [-0.1, -0.05) is 44.2 Å². The number of benzene rings is 1. The maximum atomic E-state index is 13.4. The van der Waals surface area contributed by atoms with Crippen LogP contribution in [-0.2, 0) is 16.1 Å². The molecule has 26 heavy (non-hydrogen) atoms. The molecule has 1 heterocycles. The topological polar surface area (TPSA) is 69.6 Å². The van der Waals surface area contributed by atoms with E-state index in [1.165, 1.54) is 0 Å². The maximum Gasteiger partial charge on any atom is 0.393 e. The zero-order valence-electron chi connectivity index (χ0n) is 14.7. The maximum absolute atomic E-state index is 13.4. The van der Waals surface area contributed by atoms with E-state index in [1.807, 2.05) is 18.2 Å². The molecule has 1 aromatic carbocycles. The fraction of sp³-hybridized carbons (Fsp3) is 0.556. The first-order valence-electron chi connectivity index (χ1n) is 8.45. The van der Waals surface area contributed by atoms with Crippen molar-refractivity contribution in [1.82, 2.24) is 10.2 Å². The van der Waals surface area contributed by atoms with Crippen LogP contribution in [0.2, 0.25) is 0 Å². The van der Waals surface area contributed by atoms with Crippen molar-refractivity contribution in [1.29, 1.82) is 0 Å². The molecule has 2 N–H and O–H groups in total. The first-order valence-corrected chi connectivity index (χ1v) is 8.45. The molecule has 0 bridgehead atoms. The summed E-state index contributed by atoms with van der Waals surface area (Å²) in [4.78, 5) is 25.2. The van der Waals surface area contributed by atoms with Crippen molar-refractivity contribution in [3.05, 3.63) is 35.9 Å². The van der Waals surface area contributed by atoms with E-state index < -0.39 is 41.8 Å². The van der Waals surface area contributed by atoms with Gasteiger partial charge in [0, 0.05) is 19.6 Å². The lowest BCUT2D eigenvalue weighted by Gasteiger charge is -2.24. The fourth-order valence-electron chi connectivity index (χ4n) is 3.23. The van der Waals surface area contributed by atoms with Crippen LogP contribution in [0.4, 0.5) is 13.2 Å². The fourth-order valence-corrected chi connectivity index (χ4v) is 3.23. The van der Waals surface area contributed by atoms with Crippen molar-refractivity contribution >= 4 is 11.9 Å². The number of likely N-dealkylation sites (tertiary alicyclic amines) is 1. The SMILES string of the molecule is CC(C)[C@@H](NC(=O)[C@@H]1CN(Cc2ccccc2)C[C@H]1C(F)(F)F)C(=O)O. The molecule has 0 radical (unpaired) electrons. The molecule has 1 amide bonds. The van der Waals surface area contributed by atoms with E-state index >= 15 is 0 Å². The number of nitrogens with one attached hydrogen (secondary N) is 1. The molecule has 3 atom stereocenters. The number of carboxylic acids is 1. The summed E-state index contributed by atoms with van der Waals surface area (Å²) < 4.78 is 40.2. The molecule has 1 fully saturated rings. The number of nitrogens with zero attached hydrogens (tertiary/aromatic N) is 1. The first-order chi connectivity index (χ1) is 12.1. The second-order valence-corrected chi connectivity index (χ2v) is 7.00. The van der Waals surface area contributed by atoms with Gasteiger partial charge in [-0.3, -0.25) is 9.69 Å². The van der Waals surface area contributed by atoms with E-state index in [2.05, 4.69) is 5.32 Å². The lowest BCUT2D eigenvalue weighted by atomic mass is 9.93. The number of carbonyl (C=O) groups excluding carboxylic acids is 1. The monoisotopic (exact) mass is 372 g/mol. The molecule has 5 nitrogen and oxygen atoms in total. The van der Waals surface area contributed by atoms with Crippen molar-refractivity contribution in [2.45, 2.75) is 32.6 Å². The predicted octanol–water partition coefficient (Wildman–Crippen LogP) is 2.52. The van der Waals surface area contributed by atoms with Gasteiger partial charge in [-0.2, -0.15) is 13.2 Å².